The van der Waals surface area contributed by atoms with Gasteiger partial charge in [0.25, 0.3) is 5.89 Å². The zero-order chi connectivity index (χ0) is 22.7. The van der Waals surface area contributed by atoms with Crippen molar-refractivity contribution < 1.29 is 14.4 Å². The van der Waals surface area contributed by atoms with Gasteiger partial charge >= 0.3 is 0 Å². The minimum atomic E-state index is 0.190. The average molecular weight is 476 g/mol. The molecule has 4 rings (SSSR count). The molecule has 1 N–H and O–H groups in total. The first-order valence-corrected chi connectivity index (χ1v) is 11.1. The molecule has 0 fully saturated rings. The number of rotatable bonds is 9. The molecule has 1 unspecified atom stereocenters. The Morgan fingerprint density at radius 1 is 1.19 bits per heavy atom. The summed E-state index contributed by atoms with van der Waals surface area (Å²) in [6, 6.07) is 3.31. The summed E-state index contributed by atoms with van der Waals surface area (Å²) in [6.45, 7) is 4.64. The smallest absolute Gasteiger partial charge is 0.278 e. The molecule has 0 aliphatic heterocycles. The van der Waals surface area contributed by atoms with Crippen LogP contribution in [0.1, 0.15) is 31.9 Å². The van der Waals surface area contributed by atoms with Crippen molar-refractivity contribution in [3.63, 3.8) is 0 Å². The second kappa shape index (κ2) is 9.85. The van der Waals surface area contributed by atoms with Crippen LogP contribution in [0.15, 0.2) is 35.2 Å². The Morgan fingerprint density at radius 3 is 2.81 bits per heavy atom. The van der Waals surface area contributed by atoms with E-state index in [1.165, 1.54) is 0 Å². The van der Waals surface area contributed by atoms with Crippen LogP contribution in [0, 0.1) is 12.8 Å². The summed E-state index contributed by atoms with van der Waals surface area (Å²) in [4.78, 5) is 13.1. The second-order valence-corrected chi connectivity index (χ2v) is 8.37. The van der Waals surface area contributed by atoms with Crippen LogP contribution in [-0.2, 0) is 0 Å². The normalized spacial score (nSPS) is 12.4. The Labute approximate surface area is 195 Å². The number of ether oxygens (including phenoxy) is 1. The lowest BCUT2D eigenvalue weighted by Gasteiger charge is -2.13. The number of benzene rings is 1. The molecule has 32 heavy (non-hydrogen) atoms. The number of aryl methyl sites for hydroxylation is 1. The maximum absolute atomic E-state index is 9.28. The van der Waals surface area contributed by atoms with Crippen molar-refractivity contribution in [1.29, 1.82) is 0 Å². The largest absolute Gasteiger partial charge is 0.492 e. The molecule has 168 valence electrons. The first kappa shape index (κ1) is 22.5. The van der Waals surface area contributed by atoms with Gasteiger partial charge in [-0.2, -0.15) is 4.98 Å². The second-order valence-electron chi connectivity index (χ2n) is 7.55. The van der Waals surface area contributed by atoms with E-state index in [1.807, 2.05) is 17.5 Å². The quantitative estimate of drug-likeness (QED) is 0.330. The van der Waals surface area contributed by atoms with E-state index in [9.17, 15) is 5.11 Å². The van der Waals surface area contributed by atoms with Crippen molar-refractivity contribution >= 4 is 28.8 Å². The van der Waals surface area contributed by atoms with Crippen LogP contribution in [-0.4, -0.2) is 42.8 Å². The fraction of sp³-hybridized carbons (Fsp3) is 0.364. The third-order valence-electron chi connectivity index (χ3n) is 5.23. The topological polar surface area (TPSA) is 98.6 Å². The van der Waals surface area contributed by atoms with Gasteiger partial charge in [0.1, 0.15) is 11.4 Å². The Hall–Kier alpha value is -2.68. The highest BCUT2D eigenvalue weighted by Crippen LogP contribution is 2.36. The van der Waals surface area contributed by atoms with E-state index in [2.05, 4.69) is 27.0 Å². The number of imidazole rings is 1. The molecule has 0 saturated heterocycles. The van der Waals surface area contributed by atoms with Gasteiger partial charge in [-0.15, -0.1) is 0 Å². The molecule has 8 nitrogen and oxygen atoms in total. The summed E-state index contributed by atoms with van der Waals surface area (Å²) in [5.41, 5.74) is 2.62. The van der Waals surface area contributed by atoms with Crippen LogP contribution in [0.3, 0.4) is 0 Å². The average Bonchev–Trinajstić information content (AvgIpc) is 3.42. The van der Waals surface area contributed by atoms with E-state index in [4.69, 9.17) is 32.5 Å². The van der Waals surface area contributed by atoms with Gasteiger partial charge in [0.2, 0.25) is 5.82 Å². The molecule has 0 radical (unpaired) electrons. The number of nitrogens with zero attached hydrogens (tertiary/aromatic N) is 5. The maximum Gasteiger partial charge on any atom is 0.278 e. The molecule has 10 heteroatoms. The molecule has 3 aromatic heterocycles. The lowest BCUT2D eigenvalue weighted by Crippen LogP contribution is -2.07. The Balaban J connectivity index is 1.49. The molecule has 0 amide bonds. The van der Waals surface area contributed by atoms with E-state index >= 15 is 0 Å². The lowest BCUT2D eigenvalue weighted by molar-refractivity contribution is 0.202. The molecule has 1 aromatic carbocycles. The van der Waals surface area contributed by atoms with Crippen molar-refractivity contribution in [3.8, 4) is 28.7 Å². The monoisotopic (exact) mass is 475 g/mol. The van der Waals surface area contributed by atoms with Crippen LogP contribution in [0.4, 0.5) is 0 Å². The van der Waals surface area contributed by atoms with E-state index in [-0.39, 0.29) is 12.5 Å². The van der Waals surface area contributed by atoms with Crippen molar-refractivity contribution in [1.82, 2.24) is 24.5 Å². The Morgan fingerprint density at radius 2 is 2.03 bits per heavy atom. The fourth-order valence-corrected chi connectivity index (χ4v) is 3.79. The number of halogens is 2. The maximum atomic E-state index is 9.28. The summed E-state index contributed by atoms with van der Waals surface area (Å²) in [6.07, 6.45) is 7.99. The molecular formula is C22H23Cl2N5O3. The summed E-state index contributed by atoms with van der Waals surface area (Å²) < 4.78 is 13.0. The molecule has 0 bridgehead atoms. The predicted molar refractivity (Wildman–Crippen MR) is 122 cm³/mol. The first-order chi connectivity index (χ1) is 15.5. The van der Waals surface area contributed by atoms with Crippen molar-refractivity contribution in [3.05, 3.63) is 46.5 Å². The summed E-state index contributed by atoms with van der Waals surface area (Å²) in [5, 5.41) is 14.1. The predicted octanol–water partition coefficient (Wildman–Crippen LogP) is 5.24. The standard InChI is InChI=1S/C22H23Cl2N5O3/c1-3-14(12-30)5-4-6-31-19-8-16(23)15(7-17(19)24)21-27-22(32-28-21)18-11-29-10-13(2)25-9-20(29)26-18/h7-11,14,30H,3-6,12H2,1-2H3. The van der Waals surface area contributed by atoms with Crippen LogP contribution in [0.2, 0.25) is 10.0 Å². The van der Waals surface area contributed by atoms with Gasteiger partial charge in [-0.25, -0.2) is 4.98 Å². The zero-order valence-corrected chi connectivity index (χ0v) is 19.3. The highest BCUT2D eigenvalue weighted by Gasteiger charge is 2.18. The summed E-state index contributed by atoms with van der Waals surface area (Å²) in [7, 11) is 0. The van der Waals surface area contributed by atoms with E-state index in [0.717, 1.165) is 25.0 Å². The molecular weight excluding hydrogens is 453 g/mol. The molecule has 0 spiro atoms. The molecule has 0 saturated carbocycles. The van der Waals surface area contributed by atoms with Crippen molar-refractivity contribution in [2.75, 3.05) is 13.2 Å². The highest BCUT2D eigenvalue weighted by atomic mass is 35.5. The van der Waals surface area contributed by atoms with Gasteiger partial charge in [-0.3, -0.25) is 4.98 Å². The number of aromatic nitrogens is 5. The van der Waals surface area contributed by atoms with E-state index in [0.29, 0.717) is 51.0 Å². The zero-order valence-electron chi connectivity index (χ0n) is 17.8. The van der Waals surface area contributed by atoms with Gasteiger partial charge in [-0.05, 0) is 31.7 Å². The van der Waals surface area contributed by atoms with Gasteiger partial charge in [-0.1, -0.05) is 41.7 Å². The number of hydrogen-bond acceptors (Lipinski definition) is 7. The molecule has 1 atom stereocenters. The van der Waals surface area contributed by atoms with Crippen molar-refractivity contribution in [2.24, 2.45) is 5.92 Å². The third-order valence-corrected chi connectivity index (χ3v) is 5.84. The Bertz CT molecular complexity index is 1220. The van der Waals surface area contributed by atoms with Crippen LogP contribution in [0.25, 0.3) is 28.6 Å². The van der Waals surface area contributed by atoms with Crippen molar-refractivity contribution in [2.45, 2.75) is 33.1 Å². The van der Waals surface area contributed by atoms with Gasteiger partial charge in [0.05, 0.1) is 28.5 Å². The number of fused-ring (bicyclic) bond motifs is 1. The SMILES string of the molecule is CCC(CO)CCCOc1cc(Cl)c(-c2noc(-c3cn4cc(C)ncc4n3)n2)cc1Cl. The number of hydrogen-bond donors (Lipinski definition) is 1. The minimum Gasteiger partial charge on any atom is -0.492 e. The van der Waals surface area contributed by atoms with Crippen LogP contribution in [0.5, 0.6) is 5.75 Å². The third kappa shape index (κ3) is 4.87. The van der Waals surface area contributed by atoms with E-state index < -0.39 is 0 Å². The lowest BCUT2D eigenvalue weighted by atomic mass is 10.0. The van der Waals surface area contributed by atoms with Crippen LogP contribution < -0.4 is 4.74 Å². The Kier molecular flexibility index (Phi) is 6.93. The van der Waals surface area contributed by atoms with Crippen LogP contribution >= 0.6 is 23.2 Å². The van der Waals surface area contributed by atoms with Gasteiger partial charge < -0.3 is 18.8 Å². The molecule has 0 aliphatic rings. The molecule has 4 aromatic rings. The highest BCUT2D eigenvalue weighted by molar-refractivity contribution is 6.36. The molecule has 3 heterocycles. The number of aliphatic hydroxyl groups excluding tert-OH is 1. The minimum absolute atomic E-state index is 0.190. The summed E-state index contributed by atoms with van der Waals surface area (Å²) in [5.74, 6) is 1.35. The fourth-order valence-electron chi connectivity index (χ4n) is 3.33. The molecule has 0 aliphatic carbocycles. The number of aliphatic hydroxyl groups is 1. The van der Waals surface area contributed by atoms with E-state index in [1.54, 1.807) is 24.5 Å². The van der Waals surface area contributed by atoms with Gasteiger partial charge in [0, 0.05) is 30.6 Å². The first-order valence-electron chi connectivity index (χ1n) is 10.4. The summed E-state index contributed by atoms with van der Waals surface area (Å²) >= 11 is 12.9. The van der Waals surface area contributed by atoms with Gasteiger partial charge in [0.15, 0.2) is 5.65 Å².